The van der Waals surface area contributed by atoms with E-state index in [1.165, 1.54) is 12.7 Å². The number of amides is 2. The Hall–Kier alpha value is -2.74. The van der Waals surface area contributed by atoms with Gasteiger partial charge in [0.1, 0.15) is 0 Å². The number of hydrogen-bond acceptors (Lipinski definition) is 4. The van der Waals surface area contributed by atoms with Crippen molar-refractivity contribution in [3.8, 4) is 5.75 Å². The van der Waals surface area contributed by atoms with Crippen molar-refractivity contribution < 1.29 is 17.9 Å². The van der Waals surface area contributed by atoms with Gasteiger partial charge in [-0.15, -0.1) is 0 Å². The SMILES string of the molecule is COc1c(NC(=O)N[C@H]2CCCc3ccccc32)cc(C(C)(C)C)cc1NS(C)(=O)=O. The zero-order chi connectivity index (χ0) is 22.8. The predicted molar refractivity (Wildman–Crippen MR) is 124 cm³/mol. The van der Waals surface area contributed by atoms with Gasteiger partial charge in [0.15, 0.2) is 5.75 Å². The van der Waals surface area contributed by atoms with E-state index in [0.717, 1.165) is 36.6 Å². The van der Waals surface area contributed by atoms with Crippen LogP contribution >= 0.6 is 0 Å². The van der Waals surface area contributed by atoms with E-state index in [0.29, 0.717) is 5.69 Å². The van der Waals surface area contributed by atoms with Gasteiger partial charge in [-0.1, -0.05) is 45.0 Å². The number of hydrogen-bond donors (Lipinski definition) is 3. The highest BCUT2D eigenvalue weighted by Gasteiger charge is 2.24. The summed E-state index contributed by atoms with van der Waals surface area (Å²) >= 11 is 0. The maximum Gasteiger partial charge on any atom is 0.319 e. The molecule has 1 aliphatic rings. The lowest BCUT2D eigenvalue weighted by Gasteiger charge is -2.27. The molecule has 2 aromatic rings. The average Bonchev–Trinajstić information content (AvgIpc) is 2.66. The summed E-state index contributed by atoms with van der Waals surface area (Å²) in [5.41, 5.74) is 3.68. The first-order chi connectivity index (χ1) is 14.5. The van der Waals surface area contributed by atoms with Crippen LogP contribution in [-0.4, -0.2) is 27.8 Å². The Morgan fingerprint density at radius 2 is 1.81 bits per heavy atom. The minimum absolute atomic E-state index is 0.0737. The number of carbonyl (C=O) groups excluding carboxylic acids is 1. The monoisotopic (exact) mass is 445 g/mol. The van der Waals surface area contributed by atoms with Crippen LogP contribution in [0.1, 0.15) is 56.3 Å². The van der Waals surface area contributed by atoms with E-state index >= 15 is 0 Å². The average molecular weight is 446 g/mol. The molecule has 0 heterocycles. The molecule has 0 radical (unpaired) electrons. The van der Waals surface area contributed by atoms with Crippen molar-refractivity contribution in [3.05, 3.63) is 53.1 Å². The minimum atomic E-state index is -3.53. The lowest BCUT2D eigenvalue weighted by molar-refractivity contribution is 0.247. The Morgan fingerprint density at radius 1 is 1.13 bits per heavy atom. The normalized spacial score (nSPS) is 16.2. The Labute approximate surface area is 184 Å². The summed E-state index contributed by atoms with van der Waals surface area (Å²) in [4.78, 5) is 12.9. The van der Waals surface area contributed by atoms with E-state index in [2.05, 4.69) is 21.4 Å². The second-order valence-electron chi connectivity index (χ2n) is 8.97. The molecule has 3 rings (SSSR count). The Kier molecular flexibility index (Phi) is 6.50. The van der Waals surface area contributed by atoms with Crippen LogP contribution in [-0.2, 0) is 21.9 Å². The molecule has 0 saturated carbocycles. The van der Waals surface area contributed by atoms with Crippen LogP contribution < -0.4 is 20.1 Å². The molecule has 1 aliphatic carbocycles. The van der Waals surface area contributed by atoms with Gasteiger partial charge in [0.05, 0.1) is 30.8 Å². The van der Waals surface area contributed by atoms with Crippen molar-refractivity contribution in [1.29, 1.82) is 0 Å². The lowest BCUT2D eigenvalue weighted by atomic mass is 9.86. The van der Waals surface area contributed by atoms with Crippen molar-refractivity contribution >= 4 is 27.4 Å². The number of anilines is 2. The third-order valence-electron chi connectivity index (χ3n) is 5.38. The van der Waals surface area contributed by atoms with E-state index in [1.54, 1.807) is 6.07 Å². The second-order valence-corrected chi connectivity index (χ2v) is 10.7. The summed E-state index contributed by atoms with van der Waals surface area (Å²) < 4.78 is 31.7. The summed E-state index contributed by atoms with van der Waals surface area (Å²) in [7, 11) is -2.09. The number of rotatable bonds is 5. The Balaban J connectivity index is 1.91. The fraction of sp³-hybridized carbons (Fsp3) is 0.435. The van der Waals surface area contributed by atoms with Gasteiger partial charge in [0.25, 0.3) is 0 Å². The highest BCUT2D eigenvalue weighted by molar-refractivity contribution is 7.92. The van der Waals surface area contributed by atoms with E-state index in [4.69, 9.17) is 4.74 Å². The van der Waals surface area contributed by atoms with Crippen LogP contribution in [0, 0.1) is 0 Å². The van der Waals surface area contributed by atoms with Gasteiger partial charge in [-0.3, -0.25) is 4.72 Å². The van der Waals surface area contributed by atoms with Crippen LogP contribution in [0.2, 0.25) is 0 Å². The molecule has 1 atom stereocenters. The number of carbonyl (C=O) groups is 1. The number of aryl methyl sites for hydroxylation is 1. The van der Waals surface area contributed by atoms with Crippen molar-refractivity contribution in [2.24, 2.45) is 0 Å². The number of nitrogens with one attached hydrogen (secondary N) is 3. The highest BCUT2D eigenvalue weighted by Crippen LogP contribution is 2.39. The molecule has 0 bridgehead atoms. The Morgan fingerprint density at radius 3 is 2.45 bits per heavy atom. The maximum absolute atomic E-state index is 12.9. The maximum atomic E-state index is 12.9. The molecule has 3 N–H and O–H groups in total. The molecule has 2 aromatic carbocycles. The molecule has 0 unspecified atom stereocenters. The largest absolute Gasteiger partial charge is 0.492 e. The Bertz CT molecular complexity index is 1070. The lowest BCUT2D eigenvalue weighted by Crippen LogP contribution is -2.34. The van der Waals surface area contributed by atoms with E-state index in [1.807, 2.05) is 45.0 Å². The van der Waals surface area contributed by atoms with E-state index in [-0.39, 0.29) is 28.9 Å². The smallest absolute Gasteiger partial charge is 0.319 e. The van der Waals surface area contributed by atoms with Crippen molar-refractivity contribution in [2.45, 2.75) is 51.5 Å². The summed E-state index contributed by atoms with van der Waals surface area (Å²) in [6.07, 6.45) is 3.96. The van der Waals surface area contributed by atoms with Crippen molar-refractivity contribution in [3.63, 3.8) is 0 Å². The minimum Gasteiger partial charge on any atom is -0.492 e. The van der Waals surface area contributed by atoms with Gasteiger partial charge in [0.2, 0.25) is 10.0 Å². The summed E-state index contributed by atoms with van der Waals surface area (Å²) in [5, 5.41) is 5.92. The predicted octanol–water partition coefficient (Wildman–Crippen LogP) is 4.56. The summed E-state index contributed by atoms with van der Waals surface area (Å²) in [6.45, 7) is 6.05. The van der Waals surface area contributed by atoms with E-state index < -0.39 is 10.0 Å². The van der Waals surface area contributed by atoms with Gasteiger partial charge in [-0.2, -0.15) is 0 Å². The quantitative estimate of drug-likeness (QED) is 0.628. The molecule has 31 heavy (non-hydrogen) atoms. The van der Waals surface area contributed by atoms with Gasteiger partial charge in [-0.05, 0) is 53.5 Å². The molecule has 8 heteroatoms. The number of fused-ring (bicyclic) bond motifs is 1. The molecule has 2 amide bonds. The van der Waals surface area contributed by atoms with Gasteiger partial charge in [0, 0.05) is 0 Å². The number of ether oxygens (including phenoxy) is 1. The van der Waals surface area contributed by atoms with Crippen LogP contribution in [0.5, 0.6) is 5.75 Å². The molecule has 7 nitrogen and oxygen atoms in total. The van der Waals surface area contributed by atoms with Gasteiger partial charge in [-0.25, -0.2) is 13.2 Å². The van der Waals surface area contributed by atoms with Crippen LogP contribution in [0.15, 0.2) is 36.4 Å². The zero-order valence-corrected chi connectivity index (χ0v) is 19.5. The highest BCUT2D eigenvalue weighted by atomic mass is 32.2. The van der Waals surface area contributed by atoms with Gasteiger partial charge < -0.3 is 15.4 Å². The van der Waals surface area contributed by atoms with Crippen LogP contribution in [0.3, 0.4) is 0 Å². The number of methoxy groups -OCH3 is 1. The fourth-order valence-corrected chi connectivity index (χ4v) is 4.42. The third kappa shape index (κ3) is 5.70. The first kappa shape index (κ1) is 22.9. The molecule has 0 spiro atoms. The van der Waals surface area contributed by atoms with Crippen LogP contribution in [0.25, 0.3) is 0 Å². The van der Waals surface area contributed by atoms with Gasteiger partial charge >= 0.3 is 6.03 Å². The number of sulfonamides is 1. The molecule has 0 aliphatic heterocycles. The molecular formula is C23H31N3O4S. The van der Waals surface area contributed by atoms with Crippen LogP contribution in [0.4, 0.5) is 16.2 Å². The summed E-state index contributed by atoms with van der Waals surface area (Å²) in [6, 6.07) is 11.3. The standard InChI is InChI=1S/C23H31N3O4S/c1-23(2,3)16-13-19(21(30-4)20(14-16)26-31(5,28)29)25-22(27)24-18-12-8-10-15-9-6-7-11-17(15)18/h6-7,9,11,13-14,18,26H,8,10,12H2,1-5H3,(H2,24,25,27)/t18-/m0/s1. The molecule has 0 fully saturated rings. The van der Waals surface area contributed by atoms with Crippen molar-refractivity contribution in [2.75, 3.05) is 23.4 Å². The number of urea groups is 1. The third-order valence-corrected chi connectivity index (χ3v) is 5.97. The summed E-state index contributed by atoms with van der Waals surface area (Å²) in [5.74, 6) is 0.262. The fourth-order valence-electron chi connectivity index (χ4n) is 3.87. The molecule has 0 aromatic heterocycles. The topological polar surface area (TPSA) is 96.5 Å². The van der Waals surface area contributed by atoms with E-state index in [9.17, 15) is 13.2 Å². The second kappa shape index (κ2) is 8.78. The molecule has 0 saturated heterocycles. The number of benzene rings is 2. The first-order valence-corrected chi connectivity index (χ1v) is 12.2. The first-order valence-electron chi connectivity index (χ1n) is 10.3. The zero-order valence-electron chi connectivity index (χ0n) is 18.7. The van der Waals surface area contributed by atoms with Crippen molar-refractivity contribution in [1.82, 2.24) is 5.32 Å². The molecular weight excluding hydrogens is 414 g/mol. The molecule has 168 valence electrons.